The molecule has 0 radical (unpaired) electrons. The summed E-state index contributed by atoms with van der Waals surface area (Å²) in [5.41, 5.74) is 0.370. The molecular weight excluding hydrogens is 186 g/mol. The molecule has 0 aromatic carbocycles. The van der Waals surface area contributed by atoms with Crippen molar-refractivity contribution in [3.8, 4) is 0 Å². The topological polar surface area (TPSA) is 23.5 Å². The Balaban J connectivity index is 1.50. The molecule has 1 N–H and O–H groups in total. The van der Waals surface area contributed by atoms with E-state index in [1.54, 1.807) is 0 Å². The Morgan fingerprint density at radius 3 is 2.00 bits per heavy atom. The van der Waals surface area contributed by atoms with Gasteiger partial charge in [0, 0.05) is 19.6 Å². The second-order valence-electron chi connectivity index (χ2n) is 6.28. The van der Waals surface area contributed by atoms with E-state index in [1.165, 1.54) is 51.6 Å². The molecule has 1 aliphatic heterocycles. The van der Waals surface area contributed by atoms with Gasteiger partial charge in [0.05, 0.1) is 5.60 Å². The molecule has 86 valence electrons. The van der Waals surface area contributed by atoms with Gasteiger partial charge in [-0.05, 0) is 31.1 Å². The van der Waals surface area contributed by atoms with Crippen LogP contribution in [0.25, 0.3) is 0 Å². The van der Waals surface area contributed by atoms with Crippen LogP contribution in [0.15, 0.2) is 0 Å². The molecule has 0 bridgehead atoms. The van der Waals surface area contributed by atoms with E-state index < -0.39 is 0 Å². The number of hydrogen-bond donors (Lipinski definition) is 1. The highest BCUT2D eigenvalue weighted by Crippen LogP contribution is 2.46. The Labute approximate surface area is 92.7 Å². The average molecular weight is 209 g/mol. The Kier molecular flexibility index (Phi) is 2.33. The van der Waals surface area contributed by atoms with Crippen molar-refractivity contribution >= 4 is 0 Å². The molecule has 1 spiro atoms. The second kappa shape index (κ2) is 3.46. The van der Waals surface area contributed by atoms with Crippen LogP contribution in [0.3, 0.4) is 0 Å². The lowest BCUT2D eigenvalue weighted by atomic mass is 9.77. The van der Waals surface area contributed by atoms with Gasteiger partial charge >= 0.3 is 0 Å². The first kappa shape index (κ1) is 10.1. The van der Waals surface area contributed by atoms with Gasteiger partial charge < -0.3 is 5.11 Å². The first-order valence-corrected chi connectivity index (χ1v) is 6.65. The fraction of sp³-hybridized carbons (Fsp3) is 1.00. The summed E-state index contributed by atoms with van der Waals surface area (Å²) in [7, 11) is 0. The van der Waals surface area contributed by atoms with Gasteiger partial charge in [0.1, 0.15) is 0 Å². The van der Waals surface area contributed by atoms with Gasteiger partial charge in [-0.1, -0.05) is 25.7 Å². The van der Waals surface area contributed by atoms with Crippen molar-refractivity contribution in [2.45, 2.75) is 57.0 Å². The predicted molar refractivity (Wildman–Crippen MR) is 60.8 cm³/mol. The summed E-state index contributed by atoms with van der Waals surface area (Å²) < 4.78 is 0. The molecule has 2 saturated carbocycles. The van der Waals surface area contributed by atoms with Crippen LogP contribution in [0.1, 0.15) is 51.4 Å². The van der Waals surface area contributed by atoms with Gasteiger partial charge in [0.15, 0.2) is 0 Å². The molecular formula is C13H23NO. The van der Waals surface area contributed by atoms with Crippen LogP contribution in [0.5, 0.6) is 0 Å². The average Bonchev–Trinajstić information content (AvgIpc) is 2.73. The highest BCUT2D eigenvalue weighted by Gasteiger charge is 2.46. The molecule has 1 saturated heterocycles. The Bertz CT molecular complexity index is 231. The fourth-order valence-electron chi connectivity index (χ4n) is 4.06. The Morgan fingerprint density at radius 1 is 0.867 bits per heavy atom. The van der Waals surface area contributed by atoms with E-state index in [-0.39, 0.29) is 5.60 Å². The summed E-state index contributed by atoms with van der Waals surface area (Å²) in [6.07, 6.45) is 10.3. The minimum atomic E-state index is -0.319. The smallest absolute Gasteiger partial charge is 0.0774 e. The number of nitrogens with zero attached hydrogens (tertiary/aromatic N) is 1. The SMILES string of the molecule is OC1(CN2CC3(CCCC3)C2)CCCC1. The first-order chi connectivity index (χ1) is 7.20. The summed E-state index contributed by atoms with van der Waals surface area (Å²) in [5, 5.41) is 10.3. The molecule has 0 atom stereocenters. The zero-order valence-electron chi connectivity index (χ0n) is 9.67. The van der Waals surface area contributed by atoms with Crippen LogP contribution in [0.2, 0.25) is 0 Å². The molecule has 3 rings (SSSR count). The zero-order valence-corrected chi connectivity index (χ0v) is 9.67. The molecule has 2 heteroatoms. The summed E-state index contributed by atoms with van der Waals surface area (Å²) >= 11 is 0. The van der Waals surface area contributed by atoms with Gasteiger partial charge in [0.2, 0.25) is 0 Å². The van der Waals surface area contributed by atoms with Crippen molar-refractivity contribution in [1.29, 1.82) is 0 Å². The van der Waals surface area contributed by atoms with Crippen molar-refractivity contribution < 1.29 is 5.11 Å². The van der Waals surface area contributed by atoms with Gasteiger partial charge in [-0.3, -0.25) is 4.90 Å². The van der Waals surface area contributed by atoms with Gasteiger partial charge in [-0.2, -0.15) is 0 Å². The van der Waals surface area contributed by atoms with Crippen molar-refractivity contribution in [3.63, 3.8) is 0 Å². The molecule has 0 unspecified atom stereocenters. The van der Waals surface area contributed by atoms with Crippen LogP contribution < -0.4 is 0 Å². The maximum absolute atomic E-state index is 10.3. The normalized spacial score (nSPS) is 33.4. The van der Waals surface area contributed by atoms with E-state index in [0.29, 0.717) is 5.41 Å². The highest BCUT2D eigenvalue weighted by atomic mass is 16.3. The highest BCUT2D eigenvalue weighted by molar-refractivity contribution is 5.00. The number of aliphatic hydroxyl groups is 1. The second-order valence-corrected chi connectivity index (χ2v) is 6.28. The third-order valence-corrected chi connectivity index (χ3v) is 4.83. The van der Waals surface area contributed by atoms with E-state index in [4.69, 9.17) is 0 Å². The quantitative estimate of drug-likeness (QED) is 0.753. The van der Waals surface area contributed by atoms with E-state index in [0.717, 1.165) is 19.4 Å². The van der Waals surface area contributed by atoms with Crippen molar-refractivity contribution in [1.82, 2.24) is 4.90 Å². The maximum atomic E-state index is 10.3. The summed E-state index contributed by atoms with van der Waals surface area (Å²) in [5.74, 6) is 0. The monoisotopic (exact) mass is 209 g/mol. The third-order valence-electron chi connectivity index (χ3n) is 4.83. The maximum Gasteiger partial charge on any atom is 0.0774 e. The lowest BCUT2D eigenvalue weighted by Gasteiger charge is -2.50. The van der Waals surface area contributed by atoms with E-state index in [2.05, 4.69) is 4.90 Å². The number of rotatable bonds is 2. The van der Waals surface area contributed by atoms with Crippen LogP contribution in [-0.2, 0) is 0 Å². The molecule has 0 amide bonds. The van der Waals surface area contributed by atoms with Crippen molar-refractivity contribution in [3.05, 3.63) is 0 Å². The molecule has 2 nitrogen and oxygen atoms in total. The van der Waals surface area contributed by atoms with E-state index in [1.807, 2.05) is 0 Å². The Hall–Kier alpha value is -0.0800. The minimum absolute atomic E-state index is 0.319. The van der Waals surface area contributed by atoms with Crippen LogP contribution in [0, 0.1) is 5.41 Å². The standard InChI is InChI=1S/C13H23NO/c15-13(7-3-4-8-13)11-14-9-12(10-14)5-1-2-6-12/h15H,1-11H2. The van der Waals surface area contributed by atoms with Gasteiger partial charge in [-0.15, -0.1) is 0 Å². The molecule has 1 heterocycles. The van der Waals surface area contributed by atoms with Crippen LogP contribution >= 0.6 is 0 Å². The van der Waals surface area contributed by atoms with Gasteiger partial charge in [0.25, 0.3) is 0 Å². The number of likely N-dealkylation sites (tertiary alicyclic amines) is 1. The summed E-state index contributed by atoms with van der Waals surface area (Å²) in [6.45, 7) is 3.50. The first-order valence-electron chi connectivity index (χ1n) is 6.65. The number of hydrogen-bond acceptors (Lipinski definition) is 2. The predicted octanol–water partition coefficient (Wildman–Crippen LogP) is 2.17. The van der Waals surface area contributed by atoms with E-state index >= 15 is 0 Å². The van der Waals surface area contributed by atoms with E-state index in [9.17, 15) is 5.11 Å². The third kappa shape index (κ3) is 1.83. The number of β-amino-alcohol motifs (C(OH)–C–C–N with tert-alkyl or cyclic N) is 1. The molecule has 0 aromatic rings. The fourth-order valence-corrected chi connectivity index (χ4v) is 4.06. The molecule has 3 fully saturated rings. The molecule has 2 aliphatic carbocycles. The lowest BCUT2D eigenvalue weighted by Crippen LogP contribution is -2.58. The van der Waals surface area contributed by atoms with Crippen LogP contribution in [0.4, 0.5) is 0 Å². The Morgan fingerprint density at radius 2 is 1.40 bits per heavy atom. The minimum Gasteiger partial charge on any atom is -0.389 e. The molecule has 0 aromatic heterocycles. The van der Waals surface area contributed by atoms with Crippen molar-refractivity contribution in [2.75, 3.05) is 19.6 Å². The molecule has 15 heavy (non-hydrogen) atoms. The largest absolute Gasteiger partial charge is 0.389 e. The van der Waals surface area contributed by atoms with Crippen LogP contribution in [-0.4, -0.2) is 35.2 Å². The molecule has 3 aliphatic rings. The summed E-state index contributed by atoms with van der Waals surface area (Å²) in [6, 6.07) is 0. The van der Waals surface area contributed by atoms with Crippen molar-refractivity contribution in [2.24, 2.45) is 5.41 Å². The van der Waals surface area contributed by atoms with Gasteiger partial charge in [-0.25, -0.2) is 0 Å². The summed E-state index contributed by atoms with van der Waals surface area (Å²) in [4.78, 5) is 2.50. The lowest BCUT2D eigenvalue weighted by molar-refractivity contribution is -0.0628. The zero-order chi connectivity index (χ0) is 10.4.